The van der Waals surface area contributed by atoms with Gasteiger partial charge >= 0.3 is 0 Å². The molecular weight excluding hydrogens is 310 g/mol. The summed E-state index contributed by atoms with van der Waals surface area (Å²) < 4.78 is 2.20. The molecule has 0 aliphatic heterocycles. The number of carbonyl (C=O) groups excluding carboxylic acids is 1. The monoisotopic (exact) mass is 341 g/mol. The van der Waals surface area contributed by atoms with Gasteiger partial charge in [-0.2, -0.15) is 0 Å². The van der Waals surface area contributed by atoms with E-state index in [0.717, 1.165) is 42.7 Å². The number of carbonyl (C=O) groups is 1. The molecule has 0 aromatic carbocycles. The number of pyridine rings is 1. The molecule has 0 fully saturated rings. The standard InChI is InChI=1S/C21H31N3O/c1-7-11-23(16(2)3)15-18-20(21(4,5)6)22-19-14-17(9-8-13-25)10-12-24(18)19/h8-10,12-14,16H,7,11,15H2,1-6H3/b9-8+. The van der Waals surface area contributed by atoms with Gasteiger partial charge in [0.1, 0.15) is 11.9 Å². The molecule has 0 atom stereocenters. The van der Waals surface area contributed by atoms with Crippen LogP contribution in [0.4, 0.5) is 0 Å². The summed E-state index contributed by atoms with van der Waals surface area (Å²) in [5.74, 6) is 0. The minimum atomic E-state index is -0.0188. The van der Waals surface area contributed by atoms with Crippen LogP contribution in [0.25, 0.3) is 11.7 Å². The van der Waals surface area contributed by atoms with Crippen molar-refractivity contribution in [3.63, 3.8) is 0 Å². The number of fused-ring (bicyclic) bond motifs is 1. The second-order valence-electron chi connectivity index (χ2n) is 7.90. The Kier molecular flexibility index (Phi) is 6.17. The first-order chi connectivity index (χ1) is 11.8. The molecule has 2 aromatic rings. The van der Waals surface area contributed by atoms with E-state index >= 15 is 0 Å². The predicted octanol–water partition coefficient (Wildman–Crippen LogP) is 4.46. The number of allylic oxidation sites excluding steroid dienone is 1. The van der Waals surface area contributed by atoms with Crippen molar-refractivity contribution in [3.8, 4) is 0 Å². The van der Waals surface area contributed by atoms with E-state index in [9.17, 15) is 4.79 Å². The molecule has 0 bridgehead atoms. The zero-order valence-electron chi connectivity index (χ0n) is 16.4. The lowest BCUT2D eigenvalue weighted by Gasteiger charge is -2.27. The number of imidazole rings is 1. The van der Waals surface area contributed by atoms with Crippen LogP contribution in [-0.2, 0) is 16.8 Å². The highest BCUT2D eigenvalue weighted by Gasteiger charge is 2.25. The molecule has 2 aromatic heterocycles. The Morgan fingerprint density at radius 3 is 2.60 bits per heavy atom. The fraction of sp³-hybridized carbons (Fsp3) is 0.524. The number of hydrogen-bond donors (Lipinski definition) is 0. The van der Waals surface area contributed by atoms with Crippen molar-refractivity contribution in [2.75, 3.05) is 6.54 Å². The Bertz CT molecular complexity index is 750. The second kappa shape index (κ2) is 7.96. The van der Waals surface area contributed by atoms with Crippen molar-refractivity contribution in [3.05, 3.63) is 41.4 Å². The Hall–Kier alpha value is -1.94. The first-order valence-corrected chi connectivity index (χ1v) is 9.15. The van der Waals surface area contributed by atoms with Gasteiger partial charge in [0.2, 0.25) is 0 Å². The number of aromatic nitrogens is 2. The highest BCUT2D eigenvalue weighted by molar-refractivity contribution is 5.74. The smallest absolute Gasteiger partial charge is 0.142 e. The first kappa shape index (κ1) is 19.4. The maximum atomic E-state index is 10.6. The van der Waals surface area contributed by atoms with E-state index in [0.29, 0.717) is 6.04 Å². The zero-order chi connectivity index (χ0) is 18.6. The van der Waals surface area contributed by atoms with Crippen LogP contribution in [0.2, 0.25) is 0 Å². The molecule has 0 saturated heterocycles. The maximum Gasteiger partial charge on any atom is 0.142 e. The third-order valence-corrected chi connectivity index (χ3v) is 4.42. The van der Waals surface area contributed by atoms with Gasteiger partial charge < -0.3 is 4.40 Å². The van der Waals surface area contributed by atoms with E-state index in [1.54, 1.807) is 0 Å². The van der Waals surface area contributed by atoms with Gasteiger partial charge in [0.05, 0.1) is 11.4 Å². The van der Waals surface area contributed by atoms with Gasteiger partial charge in [0, 0.05) is 24.2 Å². The Labute approximate surface area is 151 Å². The molecule has 4 nitrogen and oxygen atoms in total. The van der Waals surface area contributed by atoms with Gasteiger partial charge in [-0.1, -0.05) is 33.8 Å². The maximum absolute atomic E-state index is 10.6. The Morgan fingerprint density at radius 2 is 2.04 bits per heavy atom. The van der Waals surface area contributed by atoms with Gasteiger partial charge in [-0.3, -0.25) is 9.69 Å². The van der Waals surface area contributed by atoms with Crippen molar-refractivity contribution in [2.45, 2.75) is 66.0 Å². The average molecular weight is 341 g/mol. The van der Waals surface area contributed by atoms with Gasteiger partial charge in [0.15, 0.2) is 0 Å². The van der Waals surface area contributed by atoms with Crippen LogP contribution < -0.4 is 0 Å². The van der Waals surface area contributed by atoms with E-state index in [1.807, 2.05) is 18.2 Å². The predicted molar refractivity (Wildman–Crippen MR) is 105 cm³/mol. The molecule has 0 amide bonds. The molecule has 0 saturated carbocycles. The third kappa shape index (κ3) is 4.57. The van der Waals surface area contributed by atoms with Gasteiger partial charge in [-0.15, -0.1) is 0 Å². The van der Waals surface area contributed by atoms with Crippen molar-refractivity contribution < 1.29 is 4.79 Å². The lowest BCUT2D eigenvalue weighted by Crippen LogP contribution is -2.32. The summed E-state index contributed by atoms with van der Waals surface area (Å²) in [6.07, 6.45) is 7.34. The van der Waals surface area contributed by atoms with E-state index in [1.165, 1.54) is 11.8 Å². The Balaban J connectivity index is 2.55. The van der Waals surface area contributed by atoms with Crippen LogP contribution >= 0.6 is 0 Å². The SMILES string of the molecule is CCCN(Cc1c(C(C)(C)C)nc2cc(/C=C/C=O)ccn12)C(C)C. The third-order valence-electron chi connectivity index (χ3n) is 4.42. The van der Waals surface area contributed by atoms with Crippen LogP contribution in [0.1, 0.15) is 64.9 Å². The van der Waals surface area contributed by atoms with E-state index in [2.05, 4.69) is 57.0 Å². The van der Waals surface area contributed by atoms with Gasteiger partial charge in [0.25, 0.3) is 0 Å². The lowest BCUT2D eigenvalue weighted by atomic mass is 9.90. The first-order valence-electron chi connectivity index (χ1n) is 9.15. The lowest BCUT2D eigenvalue weighted by molar-refractivity contribution is -0.104. The molecule has 0 aliphatic carbocycles. The number of hydrogen-bond acceptors (Lipinski definition) is 3. The number of rotatable bonds is 7. The van der Waals surface area contributed by atoms with Crippen LogP contribution in [0, 0.1) is 0 Å². The second-order valence-corrected chi connectivity index (χ2v) is 7.90. The minimum absolute atomic E-state index is 0.0188. The van der Waals surface area contributed by atoms with Crippen LogP contribution in [0.3, 0.4) is 0 Å². The molecule has 0 unspecified atom stereocenters. The molecule has 2 heterocycles. The largest absolute Gasteiger partial charge is 0.302 e. The van der Waals surface area contributed by atoms with Crippen molar-refractivity contribution in [1.82, 2.24) is 14.3 Å². The minimum Gasteiger partial charge on any atom is -0.302 e. The molecule has 25 heavy (non-hydrogen) atoms. The topological polar surface area (TPSA) is 37.6 Å². The molecule has 0 N–H and O–H groups in total. The fourth-order valence-corrected chi connectivity index (χ4v) is 3.12. The quantitative estimate of drug-likeness (QED) is 0.551. The average Bonchev–Trinajstić information content (AvgIpc) is 2.90. The van der Waals surface area contributed by atoms with Crippen molar-refractivity contribution >= 4 is 18.0 Å². The van der Waals surface area contributed by atoms with Crippen LogP contribution in [0.15, 0.2) is 24.4 Å². The summed E-state index contributed by atoms with van der Waals surface area (Å²) >= 11 is 0. The molecule has 0 aliphatic rings. The Morgan fingerprint density at radius 1 is 1.32 bits per heavy atom. The number of aldehydes is 1. The fourth-order valence-electron chi connectivity index (χ4n) is 3.12. The van der Waals surface area contributed by atoms with E-state index in [-0.39, 0.29) is 5.41 Å². The molecule has 0 spiro atoms. The van der Waals surface area contributed by atoms with E-state index < -0.39 is 0 Å². The van der Waals surface area contributed by atoms with Crippen LogP contribution in [-0.4, -0.2) is 33.2 Å². The summed E-state index contributed by atoms with van der Waals surface area (Å²) in [4.78, 5) is 18.0. The van der Waals surface area contributed by atoms with Gasteiger partial charge in [-0.25, -0.2) is 4.98 Å². The summed E-state index contributed by atoms with van der Waals surface area (Å²) in [7, 11) is 0. The highest BCUT2D eigenvalue weighted by atomic mass is 16.1. The van der Waals surface area contributed by atoms with Gasteiger partial charge in [-0.05, 0) is 50.6 Å². The van der Waals surface area contributed by atoms with Crippen LogP contribution in [0.5, 0.6) is 0 Å². The molecule has 136 valence electrons. The molecule has 2 rings (SSSR count). The van der Waals surface area contributed by atoms with Crippen molar-refractivity contribution in [2.24, 2.45) is 0 Å². The summed E-state index contributed by atoms with van der Waals surface area (Å²) in [5.41, 5.74) is 4.31. The van der Waals surface area contributed by atoms with Crippen molar-refractivity contribution in [1.29, 1.82) is 0 Å². The highest BCUT2D eigenvalue weighted by Crippen LogP contribution is 2.28. The molecule has 0 radical (unpaired) electrons. The summed E-state index contributed by atoms with van der Waals surface area (Å²) in [5, 5.41) is 0. The summed E-state index contributed by atoms with van der Waals surface area (Å²) in [6.45, 7) is 15.3. The van der Waals surface area contributed by atoms with E-state index in [4.69, 9.17) is 4.98 Å². The molecule has 4 heteroatoms. The normalized spacial score (nSPS) is 12.8. The number of nitrogens with zero attached hydrogens (tertiary/aromatic N) is 3. The molecular formula is C21H31N3O. The zero-order valence-corrected chi connectivity index (χ0v) is 16.4. The summed E-state index contributed by atoms with van der Waals surface area (Å²) in [6, 6.07) is 4.57.